The van der Waals surface area contributed by atoms with Crippen LogP contribution in [0.15, 0.2) is 0 Å². The minimum Gasteiger partial charge on any atom is -0.376 e. The average molecular weight is 354 g/mol. The highest BCUT2D eigenvalue weighted by Crippen LogP contribution is 2.39. The van der Waals surface area contributed by atoms with Crippen LogP contribution in [0.4, 0.5) is 0 Å². The maximum Gasteiger partial charge on any atom is 0.272 e. The van der Waals surface area contributed by atoms with Crippen molar-refractivity contribution in [1.82, 2.24) is 20.2 Å². The van der Waals surface area contributed by atoms with Gasteiger partial charge in [0.2, 0.25) is 10.0 Å². The van der Waals surface area contributed by atoms with Crippen molar-refractivity contribution in [1.29, 1.82) is 0 Å². The Morgan fingerprint density at radius 2 is 2.08 bits per heavy atom. The van der Waals surface area contributed by atoms with Gasteiger partial charge in [-0.2, -0.15) is 5.10 Å². The first kappa shape index (κ1) is 16.0. The molecule has 0 bridgehead atoms. The summed E-state index contributed by atoms with van der Waals surface area (Å²) in [6.07, 6.45) is 5.76. The minimum absolute atomic E-state index is 0.155. The highest BCUT2D eigenvalue weighted by atomic mass is 32.2. The Morgan fingerprint density at radius 3 is 2.88 bits per heavy atom. The molecular formula is C15H22N4O4S. The highest BCUT2D eigenvalue weighted by Gasteiger charge is 2.55. The number of amides is 1. The summed E-state index contributed by atoms with van der Waals surface area (Å²) in [5.74, 6) is -0.0759. The predicted molar refractivity (Wildman–Crippen MR) is 86.1 cm³/mol. The number of aromatic nitrogens is 2. The summed E-state index contributed by atoms with van der Waals surface area (Å²) in [6, 6.07) is -0.665. The maximum atomic E-state index is 12.7. The van der Waals surface area contributed by atoms with Gasteiger partial charge in [-0.25, -0.2) is 13.1 Å². The number of ether oxygens (including phenoxy) is 1. The van der Waals surface area contributed by atoms with Crippen molar-refractivity contribution < 1.29 is 17.9 Å². The molecule has 132 valence electrons. The van der Waals surface area contributed by atoms with E-state index in [0.29, 0.717) is 12.3 Å². The van der Waals surface area contributed by atoms with Gasteiger partial charge in [-0.15, -0.1) is 0 Å². The Morgan fingerprint density at radius 1 is 1.29 bits per heavy atom. The van der Waals surface area contributed by atoms with Crippen molar-refractivity contribution in [3.63, 3.8) is 0 Å². The van der Waals surface area contributed by atoms with Gasteiger partial charge in [0.25, 0.3) is 5.91 Å². The van der Waals surface area contributed by atoms with Crippen molar-refractivity contribution in [2.45, 2.75) is 50.3 Å². The quantitative estimate of drug-likeness (QED) is 0.688. The van der Waals surface area contributed by atoms with E-state index in [1.807, 2.05) is 0 Å². The highest BCUT2D eigenvalue weighted by molar-refractivity contribution is 7.88. The lowest BCUT2D eigenvalue weighted by molar-refractivity contribution is -0.0194. The second-order valence-corrected chi connectivity index (χ2v) is 8.72. The number of carbonyl (C=O) groups excluding carboxylic acids is 1. The van der Waals surface area contributed by atoms with Gasteiger partial charge < -0.3 is 10.1 Å². The summed E-state index contributed by atoms with van der Waals surface area (Å²) >= 11 is 0. The Kier molecular flexibility index (Phi) is 3.89. The predicted octanol–water partition coefficient (Wildman–Crippen LogP) is -0.277. The molecule has 2 aliphatic carbocycles. The molecule has 3 N–H and O–H groups in total. The Hall–Kier alpha value is -1.45. The minimum atomic E-state index is -3.36. The molecule has 1 aromatic rings. The average Bonchev–Trinajstić information content (AvgIpc) is 3.14. The van der Waals surface area contributed by atoms with Crippen LogP contribution in [-0.4, -0.2) is 55.6 Å². The van der Waals surface area contributed by atoms with Crippen molar-refractivity contribution in [2.24, 2.45) is 5.92 Å². The van der Waals surface area contributed by atoms with E-state index < -0.39 is 16.1 Å². The second-order valence-electron chi connectivity index (χ2n) is 6.94. The zero-order valence-electron chi connectivity index (χ0n) is 13.5. The Balaban J connectivity index is 1.51. The Labute approximate surface area is 140 Å². The van der Waals surface area contributed by atoms with Gasteiger partial charge in [-0.3, -0.25) is 9.89 Å². The molecule has 0 spiro atoms. The lowest BCUT2D eigenvalue weighted by Crippen LogP contribution is -2.70. The van der Waals surface area contributed by atoms with Gasteiger partial charge in [0, 0.05) is 23.8 Å². The van der Waals surface area contributed by atoms with Gasteiger partial charge in [-0.1, -0.05) is 0 Å². The van der Waals surface area contributed by atoms with Crippen LogP contribution in [0.3, 0.4) is 0 Å². The van der Waals surface area contributed by atoms with Crippen LogP contribution in [0.5, 0.6) is 0 Å². The molecule has 8 nitrogen and oxygen atoms in total. The second kappa shape index (κ2) is 5.82. The zero-order valence-corrected chi connectivity index (χ0v) is 14.4. The van der Waals surface area contributed by atoms with Crippen LogP contribution in [0.1, 0.15) is 41.0 Å². The molecular weight excluding hydrogens is 332 g/mol. The van der Waals surface area contributed by atoms with Crippen LogP contribution in [0.2, 0.25) is 0 Å². The first-order valence-corrected chi connectivity index (χ1v) is 10.3. The number of nitrogens with one attached hydrogen (secondary N) is 3. The fraction of sp³-hybridized carbons (Fsp3) is 0.733. The monoisotopic (exact) mass is 354 g/mol. The fourth-order valence-corrected chi connectivity index (χ4v) is 4.96. The Bertz CT molecular complexity index is 760. The normalized spacial score (nSPS) is 31.9. The van der Waals surface area contributed by atoms with E-state index in [1.54, 1.807) is 0 Å². The van der Waals surface area contributed by atoms with E-state index in [9.17, 15) is 13.2 Å². The molecule has 0 unspecified atom stereocenters. The number of aromatic amines is 1. The maximum absolute atomic E-state index is 12.7. The van der Waals surface area contributed by atoms with Crippen molar-refractivity contribution in [2.75, 3.05) is 12.9 Å². The molecule has 0 aromatic carbocycles. The number of hydrogen-bond donors (Lipinski definition) is 3. The first-order valence-electron chi connectivity index (χ1n) is 8.40. The smallest absolute Gasteiger partial charge is 0.272 e. The van der Waals surface area contributed by atoms with E-state index in [0.717, 1.165) is 49.6 Å². The number of rotatable bonds is 4. The number of nitrogens with zero attached hydrogens (tertiary/aromatic N) is 1. The van der Waals surface area contributed by atoms with Gasteiger partial charge in [0.1, 0.15) is 0 Å². The summed E-state index contributed by atoms with van der Waals surface area (Å²) in [5, 5.41) is 10.1. The van der Waals surface area contributed by atoms with Gasteiger partial charge in [0.05, 0.1) is 24.4 Å². The summed E-state index contributed by atoms with van der Waals surface area (Å²) < 4.78 is 31.4. The van der Waals surface area contributed by atoms with Crippen molar-refractivity contribution in [3.05, 3.63) is 17.0 Å². The lowest BCUT2D eigenvalue weighted by atomic mass is 9.72. The molecule has 1 aliphatic heterocycles. The number of H-pyrrole nitrogens is 1. The summed E-state index contributed by atoms with van der Waals surface area (Å²) in [6.45, 7) is 0.599. The van der Waals surface area contributed by atoms with Crippen LogP contribution in [-0.2, 0) is 27.6 Å². The fourth-order valence-electron chi connectivity index (χ4n) is 4.18. The van der Waals surface area contributed by atoms with Crippen LogP contribution >= 0.6 is 0 Å². The van der Waals surface area contributed by atoms with E-state index in [1.165, 1.54) is 0 Å². The third kappa shape index (κ3) is 2.74. The van der Waals surface area contributed by atoms with Crippen molar-refractivity contribution in [3.8, 4) is 0 Å². The number of carbonyl (C=O) groups is 1. The number of aryl methyl sites for hydroxylation is 1. The number of sulfonamides is 1. The van der Waals surface area contributed by atoms with E-state index in [4.69, 9.17) is 4.74 Å². The third-order valence-electron chi connectivity index (χ3n) is 5.30. The van der Waals surface area contributed by atoms with Crippen LogP contribution < -0.4 is 10.0 Å². The molecule has 24 heavy (non-hydrogen) atoms. The molecule has 3 aliphatic rings. The first-order chi connectivity index (χ1) is 11.4. The molecule has 1 aromatic heterocycles. The molecule has 0 radical (unpaired) electrons. The molecule has 1 saturated carbocycles. The molecule has 4 atom stereocenters. The summed E-state index contributed by atoms with van der Waals surface area (Å²) in [7, 11) is -3.36. The number of hydrogen-bond acceptors (Lipinski definition) is 5. The van der Waals surface area contributed by atoms with Gasteiger partial charge in [-0.05, 0) is 32.1 Å². The topological polar surface area (TPSA) is 113 Å². The van der Waals surface area contributed by atoms with E-state index >= 15 is 0 Å². The summed E-state index contributed by atoms with van der Waals surface area (Å²) in [4.78, 5) is 12.7. The molecule has 2 heterocycles. The van der Waals surface area contributed by atoms with Gasteiger partial charge >= 0.3 is 0 Å². The lowest BCUT2D eigenvalue weighted by Gasteiger charge is -2.47. The van der Waals surface area contributed by atoms with Crippen LogP contribution in [0.25, 0.3) is 0 Å². The van der Waals surface area contributed by atoms with Crippen molar-refractivity contribution >= 4 is 15.9 Å². The molecule has 2 fully saturated rings. The van der Waals surface area contributed by atoms with Gasteiger partial charge in [0.15, 0.2) is 5.69 Å². The molecule has 1 saturated heterocycles. The van der Waals surface area contributed by atoms with E-state index in [2.05, 4.69) is 20.2 Å². The molecule has 4 rings (SSSR count). The third-order valence-corrected chi connectivity index (χ3v) is 6.01. The zero-order chi connectivity index (χ0) is 16.9. The number of fused-ring (bicyclic) bond motifs is 2. The van der Waals surface area contributed by atoms with E-state index in [-0.39, 0.29) is 24.0 Å². The molecule has 9 heteroatoms. The SMILES string of the molecule is CS(=O)(=O)N[C@@H]1[C@@H](NC(=O)c2n[nH]c3c2CCCC3)[C@H]2CCO[C@H]21. The standard InChI is InChI=1S/C15H22N4O4S/c1-24(21,22)19-13-11(9-6-7-23-14(9)13)16-15(20)12-8-4-2-3-5-10(8)17-18-12/h9,11,13-14,19H,2-7H2,1H3,(H,16,20)(H,17,18)/t9-,11+,13-,14-/m1/s1. The largest absolute Gasteiger partial charge is 0.376 e. The summed E-state index contributed by atoms with van der Waals surface area (Å²) in [5.41, 5.74) is 2.50. The van der Waals surface area contributed by atoms with Crippen LogP contribution in [0, 0.1) is 5.92 Å². The molecule has 1 amide bonds.